The number of allylic oxidation sites excluding steroid dienone is 1. The molecule has 0 fully saturated rings. The Bertz CT molecular complexity index is 1880. The van der Waals surface area contributed by atoms with Gasteiger partial charge in [-0.05, 0) is 42.3 Å². The van der Waals surface area contributed by atoms with Crippen LogP contribution in [-0.4, -0.2) is 19.7 Å². The first kappa shape index (κ1) is 20.2. The summed E-state index contributed by atoms with van der Waals surface area (Å²) in [6.45, 7) is 1.86. The van der Waals surface area contributed by atoms with Crippen molar-refractivity contribution < 1.29 is 4.74 Å². The Labute approximate surface area is 204 Å². The lowest BCUT2D eigenvalue weighted by Crippen LogP contribution is -2.38. The highest BCUT2D eigenvalue weighted by atomic mass is 16.5. The lowest BCUT2D eigenvalue weighted by Gasteiger charge is -2.33. The molecule has 1 spiro atoms. The molecule has 7 rings (SSSR count). The van der Waals surface area contributed by atoms with Crippen LogP contribution < -0.4 is 16.0 Å². The third-order valence-corrected chi connectivity index (χ3v) is 7.09. The number of aromatic amines is 1. The lowest BCUT2D eigenvalue weighted by atomic mass is 9.68. The second-order valence-electron chi connectivity index (χ2n) is 8.92. The van der Waals surface area contributed by atoms with E-state index in [1.165, 1.54) is 0 Å². The molecule has 172 valence electrons. The van der Waals surface area contributed by atoms with Crippen molar-refractivity contribution in [2.75, 3.05) is 0 Å². The maximum absolute atomic E-state index is 13.9. The van der Waals surface area contributed by atoms with Crippen LogP contribution in [0.25, 0.3) is 27.7 Å². The molecule has 0 saturated heterocycles. The zero-order valence-electron chi connectivity index (χ0n) is 19.1. The Morgan fingerprint density at radius 3 is 2.64 bits per heavy atom. The summed E-state index contributed by atoms with van der Waals surface area (Å²) in [5.74, 6) is 0.583. The van der Waals surface area contributed by atoms with E-state index in [4.69, 9.17) is 15.5 Å². The van der Waals surface area contributed by atoms with E-state index in [0.29, 0.717) is 33.7 Å². The van der Waals surface area contributed by atoms with Gasteiger partial charge in [-0.2, -0.15) is 5.26 Å². The molecule has 0 bridgehead atoms. The number of hydrogen-bond donors (Lipinski definition) is 2. The van der Waals surface area contributed by atoms with Crippen LogP contribution in [0.4, 0.5) is 0 Å². The predicted molar refractivity (Wildman–Crippen MR) is 133 cm³/mol. The van der Waals surface area contributed by atoms with Crippen LogP contribution >= 0.6 is 0 Å². The third kappa shape index (κ3) is 2.34. The van der Waals surface area contributed by atoms with Crippen LogP contribution in [0, 0.1) is 18.3 Å². The van der Waals surface area contributed by atoms with E-state index in [0.717, 1.165) is 16.7 Å². The van der Waals surface area contributed by atoms with Crippen LogP contribution in [0.3, 0.4) is 0 Å². The van der Waals surface area contributed by atoms with E-state index in [9.17, 15) is 10.1 Å². The molecule has 0 radical (unpaired) electrons. The largest absolute Gasteiger partial charge is 0.420 e. The van der Waals surface area contributed by atoms with Crippen molar-refractivity contribution >= 4 is 10.9 Å². The predicted octanol–water partition coefficient (Wildman–Crippen LogP) is 3.82. The molecule has 0 saturated carbocycles. The highest BCUT2D eigenvalue weighted by Crippen LogP contribution is 2.56. The topological polar surface area (TPSA) is 123 Å². The summed E-state index contributed by atoms with van der Waals surface area (Å²) in [7, 11) is 0. The van der Waals surface area contributed by atoms with E-state index in [1.54, 1.807) is 16.7 Å². The number of para-hydroxylation sites is 1. The minimum atomic E-state index is -1.28. The molecule has 8 heteroatoms. The summed E-state index contributed by atoms with van der Waals surface area (Å²) in [5, 5.41) is 18.2. The molecular formula is C28H18N6O2. The molecule has 4 heterocycles. The summed E-state index contributed by atoms with van der Waals surface area (Å²) in [6, 6.07) is 25.3. The van der Waals surface area contributed by atoms with Crippen molar-refractivity contribution in [2.24, 2.45) is 5.73 Å². The van der Waals surface area contributed by atoms with E-state index >= 15 is 0 Å². The highest BCUT2D eigenvalue weighted by molar-refractivity contribution is 5.83. The minimum absolute atomic E-state index is 0.0663. The molecule has 2 aliphatic rings. The molecule has 0 aliphatic carbocycles. The van der Waals surface area contributed by atoms with Gasteiger partial charge in [0.15, 0.2) is 0 Å². The number of nitriles is 1. The molecule has 8 nitrogen and oxygen atoms in total. The van der Waals surface area contributed by atoms with Crippen LogP contribution in [0.1, 0.15) is 22.6 Å². The number of aryl methyl sites for hydroxylation is 1. The molecule has 2 aliphatic heterocycles. The van der Waals surface area contributed by atoms with Crippen molar-refractivity contribution in [3.8, 4) is 28.8 Å². The fraction of sp³-hybridized carbons (Fsp3) is 0.0714. The molecular weight excluding hydrogens is 452 g/mol. The van der Waals surface area contributed by atoms with Gasteiger partial charge in [0.2, 0.25) is 11.8 Å². The highest BCUT2D eigenvalue weighted by Gasteiger charge is 2.57. The van der Waals surface area contributed by atoms with E-state index < -0.39 is 5.41 Å². The zero-order valence-corrected chi connectivity index (χ0v) is 19.1. The van der Waals surface area contributed by atoms with E-state index in [-0.39, 0.29) is 22.9 Å². The maximum Gasteiger partial charge on any atom is 0.266 e. The Morgan fingerprint density at radius 2 is 1.83 bits per heavy atom. The molecule has 5 aromatic rings. The quantitative estimate of drug-likeness (QED) is 0.384. The SMILES string of the molecule is Cc1[nH]nc2c1[C@@]1(C(C#N)=C(N)O2)c2cc(-c3ccccc3)ccc2-n2c1nc1ccccc1c2=O. The standard InChI is InChI=1S/C28H18N6O2/c1-15-23-25(33-32-15)36-24(30)20(14-29)28(23)19-13-17(16-7-3-2-4-8-16)11-12-22(19)34-26(35)18-9-5-6-10-21(18)31-27(28)34/h2-13H,30H2,1H3,(H,32,33)/t28-/m0/s1. The van der Waals surface area contributed by atoms with Gasteiger partial charge in [0.25, 0.3) is 5.56 Å². The Balaban J connectivity index is 1.71. The van der Waals surface area contributed by atoms with Gasteiger partial charge in [-0.25, -0.2) is 4.98 Å². The van der Waals surface area contributed by atoms with Crippen LogP contribution in [-0.2, 0) is 5.41 Å². The fourth-order valence-corrected chi connectivity index (χ4v) is 5.59. The van der Waals surface area contributed by atoms with Gasteiger partial charge < -0.3 is 10.5 Å². The van der Waals surface area contributed by atoms with Crippen LogP contribution in [0.2, 0.25) is 0 Å². The molecule has 1 atom stereocenters. The van der Waals surface area contributed by atoms with E-state index in [2.05, 4.69) is 16.3 Å². The zero-order chi connectivity index (χ0) is 24.6. The fourth-order valence-electron chi connectivity index (χ4n) is 5.59. The summed E-state index contributed by atoms with van der Waals surface area (Å²) >= 11 is 0. The van der Waals surface area contributed by atoms with Crippen LogP contribution in [0.5, 0.6) is 5.88 Å². The number of hydrogen-bond acceptors (Lipinski definition) is 6. The number of rotatable bonds is 1. The third-order valence-electron chi connectivity index (χ3n) is 7.09. The first-order valence-electron chi connectivity index (χ1n) is 11.4. The monoisotopic (exact) mass is 470 g/mol. The summed E-state index contributed by atoms with van der Waals surface area (Å²) in [6.07, 6.45) is 0. The van der Waals surface area contributed by atoms with E-state index in [1.807, 2.05) is 67.6 Å². The number of aromatic nitrogens is 4. The van der Waals surface area contributed by atoms with Crippen molar-refractivity contribution in [2.45, 2.75) is 12.3 Å². The number of nitrogens with zero attached hydrogens (tertiary/aromatic N) is 4. The number of ether oxygens (including phenoxy) is 1. The van der Waals surface area contributed by atoms with Crippen LogP contribution in [0.15, 0.2) is 89.0 Å². The number of fused-ring (bicyclic) bond motifs is 8. The molecule has 36 heavy (non-hydrogen) atoms. The molecule has 3 aromatic carbocycles. The minimum Gasteiger partial charge on any atom is -0.420 e. The Hall–Kier alpha value is -5.16. The first-order chi connectivity index (χ1) is 17.6. The number of nitrogens with one attached hydrogen (secondary N) is 1. The van der Waals surface area contributed by atoms with Crippen molar-refractivity contribution in [3.63, 3.8) is 0 Å². The lowest BCUT2D eigenvalue weighted by molar-refractivity contribution is 0.365. The summed E-state index contributed by atoms with van der Waals surface area (Å²) in [4.78, 5) is 18.9. The second kappa shape index (κ2) is 6.93. The van der Waals surface area contributed by atoms with Crippen molar-refractivity contribution in [1.29, 1.82) is 5.26 Å². The molecule has 0 unspecified atom stereocenters. The van der Waals surface area contributed by atoms with Gasteiger partial charge in [-0.15, -0.1) is 5.10 Å². The van der Waals surface area contributed by atoms with Gasteiger partial charge in [0, 0.05) is 11.3 Å². The average molecular weight is 470 g/mol. The number of benzene rings is 3. The Morgan fingerprint density at radius 1 is 1.06 bits per heavy atom. The maximum atomic E-state index is 13.9. The van der Waals surface area contributed by atoms with Gasteiger partial charge in [-0.1, -0.05) is 48.5 Å². The smallest absolute Gasteiger partial charge is 0.266 e. The Kier molecular flexibility index (Phi) is 3.90. The number of nitrogens with two attached hydrogens (primary N) is 1. The van der Waals surface area contributed by atoms with Crippen molar-refractivity contribution in [3.05, 3.63) is 117 Å². The molecule has 3 N–H and O–H groups in total. The molecule has 0 amide bonds. The second-order valence-corrected chi connectivity index (χ2v) is 8.92. The van der Waals surface area contributed by atoms with Gasteiger partial charge in [0.1, 0.15) is 22.9 Å². The molecule has 2 aromatic heterocycles. The first-order valence-corrected chi connectivity index (χ1v) is 11.4. The number of H-pyrrole nitrogens is 1. The summed E-state index contributed by atoms with van der Waals surface area (Å²) < 4.78 is 7.38. The van der Waals surface area contributed by atoms with Gasteiger partial charge in [-0.3, -0.25) is 14.5 Å². The van der Waals surface area contributed by atoms with Gasteiger partial charge >= 0.3 is 0 Å². The summed E-state index contributed by atoms with van der Waals surface area (Å²) in [5.41, 5.74) is 10.2. The van der Waals surface area contributed by atoms with Gasteiger partial charge in [0.05, 0.1) is 22.2 Å². The average Bonchev–Trinajstić information content (AvgIpc) is 3.40. The normalized spacial score (nSPS) is 17.4. The van der Waals surface area contributed by atoms with Crippen molar-refractivity contribution in [1.82, 2.24) is 19.7 Å².